The Morgan fingerprint density at radius 3 is 3.17 bits per heavy atom. The molecule has 1 aromatic rings. The summed E-state index contributed by atoms with van der Waals surface area (Å²) in [6, 6.07) is 8.79. The minimum atomic E-state index is 0.435. The summed E-state index contributed by atoms with van der Waals surface area (Å²) in [5, 5.41) is 3.40. The van der Waals surface area contributed by atoms with E-state index in [9.17, 15) is 0 Å². The Kier molecular flexibility index (Phi) is 2.23. The molecule has 0 amide bonds. The lowest BCUT2D eigenvalue weighted by Crippen LogP contribution is -2.33. The van der Waals surface area contributed by atoms with E-state index in [2.05, 4.69) is 23.5 Å². The topological polar surface area (TPSA) is 38.0 Å². The summed E-state index contributed by atoms with van der Waals surface area (Å²) in [5.41, 5.74) is 6.81. The highest BCUT2D eigenvalue weighted by molar-refractivity contribution is 7.99. The molecule has 1 aliphatic heterocycles. The van der Waals surface area contributed by atoms with Gasteiger partial charge in [-0.15, -0.1) is 11.8 Å². The first kappa shape index (κ1) is 7.95. The summed E-state index contributed by atoms with van der Waals surface area (Å²) in [7, 11) is 0. The second kappa shape index (κ2) is 3.37. The van der Waals surface area contributed by atoms with Gasteiger partial charge in [0.25, 0.3) is 0 Å². The monoisotopic (exact) mass is 180 g/mol. The van der Waals surface area contributed by atoms with Crippen LogP contribution in [0.2, 0.25) is 0 Å². The number of thioether (sulfide) groups is 1. The summed E-state index contributed by atoms with van der Waals surface area (Å²) >= 11 is 1.88. The van der Waals surface area contributed by atoms with E-state index < -0.39 is 0 Å². The predicted octanol–water partition coefficient (Wildman–Crippen LogP) is 1.53. The maximum absolute atomic E-state index is 5.58. The molecule has 0 fully saturated rings. The molecule has 3 N–H and O–H groups in total. The molecule has 1 aromatic carbocycles. The highest BCUT2D eigenvalue weighted by atomic mass is 32.2. The molecule has 0 aliphatic carbocycles. The molecule has 2 rings (SSSR count). The number of nitrogens with two attached hydrogens (primary N) is 1. The van der Waals surface area contributed by atoms with Gasteiger partial charge in [0.1, 0.15) is 0 Å². The van der Waals surface area contributed by atoms with E-state index in [1.165, 1.54) is 10.6 Å². The Bertz CT molecular complexity index is 275. The van der Waals surface area contributed by atoms with Crippen molar-refractivity contribution >= 4 is 17.4 Å². The Morgan fingerprint density at radius 2 is 2.33 bits per heavy atom. The van der Waals surface area contributed by atoms with Crippen LogP contribution < -0.4 is 11.1 Å². The van der Waals surface area contributed by atoms with Crippen molar-refractivity contribution in [1.82, 2.24) is 0 Å². The average molecular weight is 180 g/mol. The van der Waals surface area contributed by atoms with Gasteiger partial charge >= 0.3 is 0 Å². The molecule has 12 heavy (non-hydrogen) atoms. The lowest BCUT2D eigenvalue weighted by Gasteiger charge is -2.25. The molecule has 0 spiro atoms. The van der Waals surface area contributed by atoms with Crippen LogP contribution in [-0.4, -0.2) is 18.3 Å². The molecule has 3 heteroatoms. The second-order valence-corrected chi connectivity index (χ2v) is 3.95. The number of hydrogen-bond acceptors (Lipinski definition) is 3. The zero-order valence-corrected chi connectivity index (χ0v) is 7.60. The zero-order chi connectivity index (χ0) is 8.39. The van der Waals surface area contributed by atoms with Gasteiger partial charge in [0, 0.05) is 28.9 Å². The van der Waals surface area contributed by atoms with Crippen molar-refractivity contribution in [1.29, 1.82) is 0 Å². The zero-order valence-electron chi connectivity index (χ0n) is 6.79. The van der Waals surface area contributed by atoms with Gasteiger partial charge in [-0.2, -0.15) is 0 Å². The SMILES string of the molecule is NCC1CSc2ccccc2N1. The van der Waals surface area contributed by atoms with Crippen LogP contribution in [-0.2, 0) is 0 Å². The molecule has 1 heterocycles. The maximum Gasteiger partial charge on any atom is 0.0481 e. The van der Waals surface area contributed by atoms with Crippen LogP contribution in [0.5, 0.6) is 0 Å². The molecule has 0 saturated carbocycles. The number of para-hydroxylation sites is 1. The Morgan fingerprint density at radius 1 is 1.50 bits per heavy atom. The quantitative estimate of drug-likeness (QED) is 0.688. The normalized spacial score (nSPS) is 21.2. The summed E-state index contributed by atoms with van der Waals surface area (Å²) in [6.45, 7) is 0.710. The summed E-state index contributed by atoms with van der Waals surface area (Å²) in [5.74, 6) is 1.08. The van der Waals surface area contributed by atoms with Gasteiger partial charge in [0.05, 0.1) is 0 Å². The van der Waals surface area contributed by atoms with Crippen LogP contribution in [0.25, 0.3) is 0 Å². The smallest absolute Gasteiger partial charge is 0.0481 e. The van der Waals surface area contributed by atoms with Crippen LogP contribution >= 0.6 is 11.8 Å². The minimum Gasteiger partial charge on any atom is -0.379 e. The van der Waals surface area contributed by atoms with Crippen molar-refractivity contribution < 1.29 is 0 Å². The lowest BCUT2D eigenvalue weighted by atomic mass is 10.2. The fraction of sp³-hybridized carbons (Fsp3) is 0.333. The van der Waals surface area contributed by atoms with Crippen molar-refractivity contribution in [2.24, 2.45) is 5.73 Å². The van der Waals surface area contributed by atoms with Crippen LogP contribution in [0.4, 0.5) is 5.69 Å². The fourth-order valence-electron chi connectivity index (χ4n) is 1.29. The Balaban J connectivity index is 2.23. The summed E-state index contributed by atoms with van der Waals surface area (Å²) in [4.78, 5) is 1.34. The standard InChI is InChI=1S/C9H12N2S/c10-5-7-6-12-9-4-2-1-3-8(9)11-7/h1-4,7,11H,5-6,10H2. The fourth-order valence-corrected chi connectivity index (χ4v) is 2.35. The maximum atomic E-state index is 5.58. The van der Waals surface area contributed by atoms with Crippen molar-refractivity contribution in [2.45, 2.75) is 10.9 Å². The Labute approximate surface area is 76.5 Å². The first-order valence-electron chi connectivity index (χ1n) is 4.08. The predicted molar refractivity (Wildman–Crippen MR) is 53.6 cm³/mol. The number of rotatable bonds is 1. The summed E-state index contributed by atoms with van der Waals surface area (Å²) in [6.07, 6.45) is 0. The van der Waals surface area contributed by atoms with Crippen LogP contribution in [0, 0.1) is 0 Å². The molecule has 1 unspecified atom stereocenters. The molecule has 0 aromatic heterocycles. The van der Waals surface area contributed by atoms with Gasteiger partial charge in [0.2, 0.25) is 0 Å². The molecule has 0 radical (unpaired) electrons. The molecule has 64 valence electrons. The Hall–Kier alpha value is -0.670. The van der Waals surface area contributed by atoms with E-state index in [0.29, 0.717) is 12.6 Å². The number of hydrogen-bond donors (Lipinski definition) is 2. The third-order valence-corrected chi connectivity index (χ3v) is 3.21. The van der Waals surface area contributed by atoms with Gasteiger partial charge in [-0.05, 0) is 12.1 Å². The van der Waals surface area contributed by atoms with E-state index in [0.717, 1.165) is 5.75 Å². The number of benzene rings is 1. The van der Waals surface area contributed by atoms with Crippen LogP contribution in [0.15, 0.2) is 29.2 Å². The number of anilines is 1. The molecular weight excluding hydrogens is 168 g/mol. The summed E-state index contributed by atoms with van der Waals surface area (Å²) < 4.78 is 0. The van der Waals surface area contributed by atoms with Crippen LogP contribution in [0.1, 0.15) is 0 Å². The first-order valence-corrected chi connectivity index (χ1v) is 5.07. The van der Waals surface area contributed by atoms with Crippen molar-refractivity contribution in [3.05, 3.63) is 24.3 Å². The molecule has 0 bridgehead atoms. The highest BCUT2D eigenvalue weighted by Crippen LogP contribution is 2.32. The molecule has 1 atom stereocenters. The van der Waals surface area contributed by atoms with Crippen LogP contribution in [0.3, 0.4) is 0 Å². The van der Waals surface area contributed by atoms with Crippen molar-refractivity contribution in [2.75, 3.05) is 17.6 Å². The van der Waals surface area contributed by atoms with Gasteiger partial charge in [-0.3, -0.25) is 0 Å². The average Bonchev–Trinajstić information content (AvgIpc) is 2.17. The van der Waals surface area contributed by atoms with Gasteiger partial charge < -0.3 is 11.1 Å². The van der Waals surface area contributed by atoms with E-state index in [4.69, 9.17) is 5.73 Å². The van der Waals surface area contributed by atoms with E-state index in [1.54, 1.807) is 0 Å². The van der Waals surface area contributed by atoms with Gasteiger partial charge in [-0.25, -0.2) is 0 Å². The van der Waals surface area contributed by atoms with E-state index >= 15 is 0 Å². The third-order valence-electron chi connectivity index (χ3n) is 1.97. The number of nitrogens with one attached hydrogen (secondary N) is 1. The molecule has 1 aliphatic rings. The molecular formula is C9H12N2S. The van der Waals surface area contributed by atoms with Gasteiger partial charge in [0.15, 0.2) is 0 Å². The lowest BCUT2D eigenvalue weighted by molar-refractivity contribution is 0.803. The molecule has 2 nitrogen and oxygen atoms in total. The van der Waals surface area contributed by atoms with E-state index in [1.807, 2.05) is 17.8 Å². The second-order valence-electron chi connectivity index (χ2n) is 2.88. The molecule has 0 saturated heterocycles. The van der Waals surface area contributed by atoms with Crippen molar-refractivity contribution in [3.8, 4) is 0 Å². The third kappa shape index (κ3) is 1.42. The van der Waals surface area contributed by atoms with Gasteiger partial charge in [-0.1, -0.05) is 12.1 Å². The van der Waals surface area contributed by atoms with E-state index in [-0.39, 0.29) is 0 Å². The first-order chi connectivity index (χ1) is 5.90. The number of fused-ring (bicyclic) bond motifs is 1. The van der Waals surface area contributed by atoms with Crippen molar-refractivity contribution in [3.63, 3.8) is 0 Å². The minimum absolute atomic E-state index is 0.435. The largest absolute Gasteiger partial charge is 0.379 e. The highest BCUT2D eigenvalue weighted by Gasteiger charge is 2.15.